The van der Waals surface area contributed by atoms with Crippen LogP contribution in [-0.4, -0.2) is 36.0 Å². The third-order valence-electron chi connectivity index (χ3n) is 3.84. The van der Waals surface area contributed by atoms with Crippen LogP contribution < -0.4 is 0 Å². The summed E-state index contributed by atoms with van der Waals surface area (Å²) in [6, 6.07) is 16.0. The molecular weight excluding hydrogens is 282 g/mol. The first kappa shape index (κ1) is 14.6. The smallest absolute Gasteiger partial charge is 0.436 e. The highest BCUT2D eigenvalue weighted by Gasteiger charge is 2.29. The molecule has 0 bridgehead atoms. The van der Waals surface area contributed by atoms with Crippen LogP contribution >= 0.6 is 0 Å². The highest BCUT2D eigenvalue weighted by molar-refractivity contribution is 5.79. The van der Waals surface area contributed by atoms with Gasteiger partial charge in [0.15, 0.2) is 0 Å². The molecule has 1 radical (unpaired) electrons. The van der Waals surface area contributed by atoms with Gasteiger partial charge < -0.3 is 9.84 Å². The second-order valence-corrected chi connectivity index (χ2v) is 5.13. The molecule has 1 amide bonds. The quantitative estimate of drug-likeness (QED) is 0.882. The van der Waals surface area contributed by atoms with E-state index in [9.17, 15) is 10.0 Å². The lowest BCUT2D eigenvalue weighted by molar-refractivity contribution is -0.137. The SMILES string of the molecule is [O]N(CCO)C(=O)OCC1c2ccccc2-c2ccccc21. The zero-order valence-electron chi connectivity index (χ0n) is 11.9. The number of rotatable bonds is 4. The summed E-state index contributed by atoms with van der Waals surface area (Å²) in [5.74, 6) is -0.0705. The number of carbonyl (C=O) groups excluding carboxylic acids is 1. The molecule has 113 valence electrons. The Labute approximate surface area is 128 Å². The van der Waals surface area contributed by atoms with E-state index in [0.717, 1.165) is 22.3 Å². The van der Waals surface area contributed by atoms with Crippen LogP contribution in [0.1, 0.15) is 17.0 Å². The number of hydroxylamine groups is 2. The van der Waals surface area contributed by atoms with Gasteiger partial charge in [-0.2, -0.15) is 0 Å². The van der Waals surface area contributed by atoms with Crippen LogP contribution in [-0.2, 0) is 9.94 Å². The number of aliphatic hydroxyl groups excluding tert-OH is 1. The normalized spacial score (nSPS) is 12.6. The van der Waals surface area contributed by atoms with Gasteiger partial charge in [0.25, 0.3) is 0 Å². The van der Waals surface area contributed by atoms with Crippen LogP contribution in [0, 0.1) is 0 Å². The first-order valence-corrected chi connectivity index (χ1v) is 7.13. The monoisotopic (exact) mass is 298 g/mol. The molecule has 0 aliphatic heterocycles. The number of hydrogen-bond donors (Lipinski definition) is 1. The first-order valence-electron chi connectivity index (χ1n) is 7.13. The van der Waals surface area contributed by atoms with Crippen LogP contribution in [0.3, 0.4) is 0 Å². The van der Waals surface area contributed by atoms with Crippen molar-refractivity contribution >= 4 is 6.09 Å². The van der Waals surface area contributed by atoms with Crippen molar-refractivity contribution < 1.29 is 19.8 Å². The molecule has 1 N–H and O–H groups in total. The van der Waals surface area contributed by atoms with Crippen molar-refractivity contribution in [3.63, 3.8) is 0 Å². The molecule has 22 heavy (non-hydrogen) atoms. The molecule has 0 spiro atoms. The van der Waals surface area contributed by atoms with E-state index in [1.54, 1.807) is 0 Å². The Morgan fingerprint density at radius 1 is 1.05 bits per heavy atom. The number of ether oxygens (including phenoxy) is 1. The predicted molar refractivity (Wildman–Crippen MR) is 79.5 cm³/mol. The largest absolute Gasteiger partial charge is 0.447 e. The average molecular weight is 298 g/mol. The predicted octanol–water partition coefficient (Wildman–Crippen LogP) is 2.58. The molecule has 2 aromatic carbocycles. The summed E-state index contributed by atoms with van der Waals surface area (Å²) < 4.78 is 5.12. The third kappa shape index (κ3) is 2.56. The fourth-order valence-electron chi connectivity index (χ4n) is 2.85. The van der Waals surface area contributed by atoms with Gasteiger partial charge in [0.1, 0.15) is 6.61 Å². The molecule has 0 fully saturated rings. The van der Waals surface area contributed by atoms with Crippen molar-refractivity contribution in [1.29, 1.82) is 0 Å². The lowest BCUT2D eigenvalue weighted by Gasteiger charge is -2.16. The minimum atomic E-state index is -0.962. The Morgan fingerprint density at radius 3 is 2.14 bits per heavy atom. The number of hydrogen-bond acceptors (Lipinski definition) is 3. The van der Waals surface area contributed by atoms with E-state index < -0.39 is 6.09 Å². The van der Waals surface area contributed by atoms with Gasteiger partial charge in [-0.1, -0.05) is 53.7 Å². The summed E-state index contributed by atoms with van der Waals surface area (Å²) in [6.45, 7) is -0.554. The minimum Gasteiger partial charge on any atom is -0.447 e. The Hall–Kier alpha value is -2.37. The van der Waals surface area contributed by atoms with Gasteiger partial charge in [0, 0.05) is 5.92 Å². The van der Waals surface area contributed by atoms with Crippen LogP contribution in [0.5, 0.6) is 0 Å². The molecule has 0 aromatic heterocycles. The van der Waals surface area contributed by atoms with Crippen molar-refractivity contribution in [3.8, 4) is 11.1 Å². The topological polar surface area (TPSA) is 69.7 Å². The van der Waals surface area contributed by atoms with Gasteiger partial charge in [0.05, 0.1) is 13.2 Å². The standard InChI is InChI=1S/C17H16NO4/c19-10-9-18(21)17(20)22-11-16-14-7-3-1-5-12(14)13-6-2-4-8-15(13)16/h1-8,16,19H,9-11H2. The number of fused-ring (bicyclic) bond motifs is 3. The molecule has 0 atom stereocenters. The highest BCUT2D eigenvalue weighted by Crippen LogP contribution is 2.44. The van der Waals surface area contributed by atoms with Crippen molar-refractivity contribution in [2.24, 2.45) is 0 Å². The summed E-state index contributed by atoms with van der Waals surface area (Å²) in [5.41, 5.74) is 4.45. The number of nitrogens with zero attached hydrogens (tertiary/aromatic N) is 1. The fourth-order valence-corrected chi connectivity index (χ4v) is 2.85. The molecule has 0 heterocycles. The Bertz CT molecular complexity index is 640. The first-order chi connectivity index (χ1) is 10.7. The number of carbonyl (C=O) groups is 1. The summed E-state index contributed by atoms with van der Waals surface area (Å²) >= 11 is 0. The zero-order chi connectivity index (χ0) is 15.5. The van der Waals surface area contributed by atoms with E-state index in [1.807, 2.05) is 48.5 Å². The van der Waals surface area contributed by atoms with Crippen molar-refractivity contribution in [1.82, 2.24) is 5.06 Å². The summed E-state index contributed by atoms with van der Waals surface area (Å²) in [4.78, 5) is 11.6. The molecule has 1 aliphatic carbocycles. The third-order valence-corrected chi connectivity index (χ3v) is 3.84. The number of benzene rings is 2. The van der Waals surface area contributed by atoms with Gasteiger partial charge in [-0.25, -0.2) is 4.79 Å². The number of amides is 1. The van der Waals surface area contributed by atoms with Crippen LogP contribution in [0.4, 0.5) is 4.79 Å². The maximum absolute atomic E-state index is 11.6. The van der Waals surface area contributed by atoms with Crippen molar-refractivity contribution in [3.05, 3.63) is 59.7 Å². The van der Waals surface area contributed by atoms with Gasteiger partial charge in [-0.3, -0.25) is 0 Å². The average Bonchev–Trinajstić information content (AvgIpc) is 2.87. The van der Waals surface area contributed by atoms with Gasteiger partial charge in [-0.05, 0) is 22.3 Å². The van der Waals surface area contributed by atoms with Crippen molar-refractivity contribution in [2.75, 3.05) is 19.8 Å². The lowest BCUT2D eigenvalue weighted by atomic mass is 9.98. The second kappa shape index (κ2) is 6.17. The van der Waals surface area contributed by atoms with Crippen LogP contribution in [0.2, 0.25) is 0 Å². The summed E-state index contributed by atoms with van der Waals surface area (Å²) in [6.07, 6.45) is -0.962. The van der Waals surface area contributed by atoms with Gasteiger partial charge >= 0.3 is 6.09 Å². The minimum absolute atomic E-state index is 0.0705. The molecule has 3 rings (SSSR count). The molecule has 0 saturated carbocycles. The second-order valence-electron chi connectivity index (χ2n) is 5.13. The number of aliphatic hydroxyl groups is 1. The molecular formula is C17H16NO4. The zero-order valence-corrected chi connectivity index (χ0v) is 11.9. The highest BCUT2D eigenvalue weighted by atomic mass is 16.6. The van der Waals surface area contributed by atoms with Crippen molar-refractivity contribution in [2.45, 2.75) is 5.92 Å². The van der Waals surface area contributed by atoms with E-state index in [-0.39, 0.29) is 30.7 Å². The Balaban J connectivity index is 1.81. The van der Waals surface area contributed by atoms with Crippen LogP contribution in [0.15, 0.2) is 48.5 Å². The van der Waals surface area contributed by atoms with E-state index >= 15 is 0 Å². The Morgan fingerprint density at radius 2 is 1.59 bits per heavy atom. The van der Waals surface area contributed by atoms with Crippen LogP contribution in [0.25, 0.3) is 11.1 Å². The van der Waals surface area contributed by atoms with E-state index in [2.05, 4.69) is 0 Å². The van der Waals surface area contributed by atoms with E-state index in [4.69, 9.17) is 9.84 Å². The van der Waals surface area contributed by atoms with E-state index in [1.165, 1.54) is 0 Å². The molecule has 2 aromatic rings. The fraction of sp³-hybridized carbons (Fsp3) is 0.235. The molecule has 0 saturated heterocycles. The molecule has 1 aliphatic rings. The van der Waals surface area contributed by atoms with Gasteiger partial charge in [0.2, 0.25) is 0 Å². The molecule has 5 nitrogen and oxygen atoms in total. The molecule has 0 unspecified atom stereocenters. The summed E-state index contributed by atoms with van der Waals surface area (Å²) in [7, 11) is 0. The maximum Gasteiger partial charge on any atom is 0.436 e. The lowest BCUT2D eigenvalue weighted by Crippen LogP contribution is -2.30. The molecule has 5 heteroatoms. The Kier molecular flexibility index (Phi) is 4.09. The summed E-state index contributed by atoms with van der Waals surface area (Å²) in [5, 5.41) is 20.1. The van der Waals surface area contributed by atoms with Gasteiger partial charge in [-0.15, -0.1) is 5.06 Å². The maximum atomic E-state index is 11.6. The van der Waals surface area contributed by atoms with E-state index in [0.29, 0.717) is 0 Å².